The average Bonchev–Trinajstić information content (AvgIpc) is 2.55. The molecule has 0 saturated carbocycles. The summed E-state index contributed by atoms with van der Waals surface area (Å²) in [5.41, 5.74) is 0.658. The summed E-state index contributed by atoms with van der Waals surface area (Å²) >= 11 is 0. The van der Waals surface area contributed by atoms with Crippen molar-refractivity contribution < 1.29 is 24.5 Å². The molecule has 25 heavy (non-hydrogen) atoms. The fourth-order valence-corrected chi connectivity index (χ4v) is 2.38. The predicted octanol–water partition coefficient (Wildman–Crippen LogP) is 2.74. The molecule has 140 valence electrons. The van der Waals surface area contributed by atoms with Crippen LogP contribution in [0, 0.1) is 5.41 Å². The van der Waals surface area contributed by atoms with Crippen LogP contribution in [0.4, 0.5) is 9.59 Å². The van der Waals surface area contributed by atoms with E-state index in [4.69, 9.17) is 9.84 Å². The number of benzene rings is 1. The third-order valence-corrected chi connectivity index (χ3v) is 3.90. The molecule has 0 aliphatic rings. The quantitative estimate of drug-likeness (QED) is 0.575. The summed E-state index contributed by atoms with van der Waals surface area (Å²) < 4.78 is 5.24. The average molecular weight is 352 g/mol. The van der Waals surface area contributed by atoms with Crippen LogP contribution in [-0.2, 0) is 11.3 Å². The number of carbonyl (C=O) groups is 2. The van der Waals surface area contributed by atoms with E-state index in [1.807, 2.05) is 51.1 Å². The monoisotopic (exact) mass is 352 g/mol. The molecule has 1 aromatic carbocycles. The number of aliphatic hydroxyl groups excluding tert-OH is 1. The highest BCUT2D eigenvalue weighted by Gasteiger charge is 2.27. The van der Waals surface area contributed by atoms with Gasteiger partial charge in [-0.05, 0) is 23.8 Å². The molecule has 0 saturated heterocycles. The molecule has 2 amide bonds. The third kappa shape index (κ3) is 8.39. The van der Waals surface area contributed by atoms with Gasteiger partial charge >= 0.3 is 12.2 Å². The van der Waals surface area contributed by atoms with Crippen LogP contribution in [0.5, 0.6) is 0 Å². The lowest BCUT2D eigenvalue weighted by atomic mass is 9.83. The molecule has 7 nitrogen and oxygen atoms in total. The van der Waals surface area contributed by atoms with Gasteiger partial charge in [0.1, 0.15) is 6.61 Å². The molecular formula is C18H28N2O5. The first kappa shape index (κ1) is 20.8. The molecule has 0 aliphatic heterocycles. The van der Waals surface area contributed by atoms with Gasteiger partial charge in [-0.2, -0.15) is 0 Å². The van der Waals surface area contributed by atoms with E-state index in [-0.39, 0.29) is 24.7 Å². The molecule has 1 rings (SSSR count). The first-order valence-electron chi connectivity index (χ1n) is 8.30. The van der Waals surface area contributed by atoms with Crippen molar-refractivity contribution in [3.05, 3.63) is 35.9 Å². The number of carbonyl (C=O) groups excluding carboxylic acids is 1. The second-order valence-corrected chi connectivity index (χ2v) is 7.03. The number of hydrogen-bond donors (Lipinski definition) is 4. The molecule has 0 aliphatic carbocycles. The number of carboxylic acid groups (broad SMARTS) is 1. The number of ether oxygens (including phenoxy) is 1. The fraction of sp³-hybridized carbons (Fsp3) is 0.556. The number of alkyl carbamates (subject to hydrolysis) is 1. The van der Waals surface area contributed by atoms with E-state index < -0.39 is 18.2 Å². The molecule has 0 fully saturated rings. The van der Waals surface area contributed by atoms with Gasteiger partial charge in [-0.25, -0.2) is 9.59 Å². The van der Waals surface area contributed by atoms with Gasteiger partial charge in [0.2, 0.25) is 0 Å². The van der Waals surface area contributed by atoms with E-state index >= 15 is 0 Å². The maximum atomic E-state index is 12.1. The van der Waals surface area contributed by atoms with E-state index in [9.17, 15) is 14.7 Å². The number of rotatable bonds is 8. The Morgan fingerprint density at radius 1 is 1.12 bits per heavy atom. The molecule has 0 unspecified atom stereocenters. The number of hydrogen-bond acceptors (Lipinski definition) is 4. The highest BCUT2D eigenvalue weighted by atomic mass is 16.5. The van der Waals surface area contributed by atoms with Gasteiger partial charge in [-0.15, -0.1) is 0 Å². The van der Waals surface area contributed by atoms with Crippen molar-refractivity contribution in [3.8, 4) is 0 Å². The Labute approximate surface area is 148 Å². The van der Waals surface area contributed by atoms with Crippen LogP contribution in [0.25, 0.3) is 0 Å². The van der Waals surface area contributed by atoms with E-state index in [0.717, 1.165) is 5.56 Å². The highest BCUT2D eigenvalue weighted by Crippen LogP contribution is 2.23. The Hall–Kier alpha value is -2.28. The van der Waals surface area contributed by atoms with Gasteiger partial charge in [0.15, 0.2) is 0 Å². The highest BCUT2D eigenvalue weighted by molar-refractivity contribution is 5.67. The van der Waals surface area contributed by atoms with Gasteiger partial charge in [0.25, 0.3) is 0 Å². The van der Waals surface area contributed by atoms with Crippen LogP contribution >= 0.6 is 0 Å². The maximum Gasteiger partial charge on any atom is 0.407 e. The van der Waals surface area contributed by atoms with Crippen LogP contribution < -0.4 is 10.6 Å². The third-order valence-electron chi connectivity index (χ3n) is 3.90. The zero-order valence-electron chi connectivity index (χ0n) is 15.0. The Morgan fingerprint density at radius 2 is 1.76 bits per heavy atom. The van der Waals surface area contributed by atoms with Gasteiger partial charge in [-0.3, -0.25) is 0 Å². The normalized spacial score (nSPS) is 13.6. The molecule has 1 aromatic rings. The molecule has 2 atom stereocenters. The fourth-order valence-electron chi connectivity index (χ4n) is 2.38. The summed E-state index contributed by atoms with van der Waals surface area (Å²) in [6.45, 7) is 5.83. The van der Waals surface area contributed by atoms with Crippen molar-refractivity contribution in [1.29, 1.82) is 0 Å². The standard InChI is InChI=1S/C18H28N2O5/c1-18(2,3)15(10-9-14(11-21)19-16(22)23)20-17(24)25-12-13-7-5-4-6-8-13/h4-8,14-15,19,21H,9-12H2,1-3H3,(H,20,24)(H,22,23)/t14-,15-/m0/s1. The van der Waals surface area contributed by atoms with Crippen LogP contribution in [-0.4, -0.2) is 41.1 Å². The minimum absolute atomic E-state index is 0.184. The van der Waals surface area contributed by atoms with Crippen molar-refractivity contribution in [2.45, 2.75) is 52.3 Å². The second-order valence-electron chi connectivity index (χ2n) is 7.03. The Kier molecular flexibility index (Phi) is 8.21. The van der Waals surface area contributed by atoms with Gasteiger partial charge in [0, 0.05) is 6.04 Å². The first-order valence-corrected chi connectivity index (χ1v) is 8.30. The summed E-state index contributed by atoms with van der Waals surface area (Å²) in [7, 11) is 0. The molecule has 0 aromatic heterocycles. The maximum absolute atomic E-state index is 12.1. The number of amides is 2. The van der Waals surface area contributed by atoms with Crippen LogP contribution in [0.3, 0.4) is 0 Å². The minimum Gasteiger partial charge on any atom is -0.465 e. The lowest BCUT2D eigenvalue weighted by Gasteiger charge is -2.32. The Bertz CT molecular complexity index is 542. The first-order chi connectivity index (χ1) is 11.7. The van der Waals surface area contributed by atoms with E-state index in [1.54, 1.807) is 0 Å². The predicted molar refractivity (Wildman–Crippen MR) is 94.3 cm³/mol. The van der Waals surface area contributed by atoms with Crippen molar-refractivity contribution >= 4 is 12.2 Å². The summed E-state index contributed by atoms with van der Waals surface area (Å²) in [5.74, 6) is 0. The molecule has 0 spiro atoms. The summed E-state index contributed by atoms with van der Waals surface area (Å²) in [6, 6.07) is 8.60. The minimum atomic E-state index is -1.18. The summed E-state index contributed by atoms with van der Waals surface area (Å²) in [4.78, 5) is 22.8. The number of aliphatic hydroxyl groups is 1. The molecule has 7 heteroatoms. The van der Waals surface area contributed by atoms with Crippen LogP contribution in [0.1, 0.15) is 39.2 Å². The Morgan fingerprint density at radius 3 is 2.28 bits per heavy atom. The number of nitrogens with one attached hydrogen (secondary N) is 2. The molecule has 0 bridgehead atoms. The lowest BCUT2D eigenvalue weighted by Crippen LogP contribution is -2.45. The van der Waals surface area contributed by atoms with Crippen molar-refractivity contribution in [2.24, 2.45) is 5.41 Å². The van der Waals surface area contributed by atoms with Crippen molar-refractivity contribution in [3.63, 3.8) is 0 Å². The van der Waals surface area contributed by atoms with E-state index in [0.29, 0.717) is 12.8 Å². The Balaban J connectivity index is 2.54. The molecule has 0 heterocycles. The van der Waals surface area contributed by atoms with Crippen molar-refractivity contribution in [1.82, 2.24) is 10.6 Å². The largest absolute Gasteiger partial charge is 0.465 e. The van der Waals surface area contributed by atoms with Gasteiger partial charge in [-0.1, -0.05) is 51.1 Å². The van der Waals surface area contributed by atoms with Gasteiger partial charge < -0.3 is 25.6 Å². The summed E-state index contributed by atoms with van der Waals surface area (Å²) in [6.07, 6.45) is -0.781. The molecule has 4 N–H and O–H groups in total. The van der Waals surface area contributed by atoms with E-state index in [1.165, 1.54) is 0 Å². The van der Waals surface area contributed by atoms with Crippen LogP contribution in [0.2, 0.25) is 0 Å². The topological polar surface area (TPSA) is 108 Å². The second kappa shape index (κ2) is 9.88. The van der Waals surface area contributed by atoms with E-state index in [2.05, 4.69) is 10.6 Å². The zero-order chi connectivity index (χ0) is 18.9. The lowest BCUT2D eigenvalue weighted by molar-refractivity contribution is 0.122. The molecular weight excluding hydrogens is 324 g/mol. The SMILES string of the molecule is CC(C)(C)[C@H](CC[C@@H](CO)NC(=O)O)NC(=O)OCc1ccccc1. The van der Waals surface area contributed by atoms with Crippen molar-refractivity contribution in [2.75, 3.05) is 6.61 Å². The molecule has 0 radical (unpaired) electrons. The van der Waals surface area contributed by atoms with Crippen LogP contribution in [0.15, 0.2) is 30.3 Å². The smallest absolute Gasteiger partial charge is 0.407 e. The van der Waals surface area contributed by atoms with Gasteiger partial charge in [0.05, 0.1) is 12.6 Å². The zero-order valence-corrected chi connectivity index (χ0v) is 15.0. The summed E-state index contributed by atoms with van der Waals surface area (Å²) in [5, 5.41) is 23.1.